The van der Waals surface area contributed by atoms with Crippen molar-refractivity contribution in [2.24, 2.45) is 5.16 Å². The van der Waals surface area contributed by atoms with Crippen molar-refractivity contribution in [3.05, 3.63) is 29.8 Å². The third-order valence-electron chi connectivity index (χ3n) is 2.76. The Balaban J connectivity index is 2.06. The number of hydrogen-bond acceptors (Lipinski definition) is 3. The van der Waals surface area contributed by atoms with E-state index in [1.807, 2.05) is 25.1 Å². The zero-order valence-corrected chi connectivity index (χ0v) is 7.99. The molecule has 0 radical (unpaired) electrons. The normalized spacial score (nSPS) is 28.2. The van der Waals surface area contributed by atoms with Gasteiger partial charge >= 0.3 is 0 Å². The molecule has 3 heteroatoms. The Morgan fingerprint density at radius 2 is 2.21 bits per heavy atom. The smallest absolute Gasteiger partial charge is 0.205 e. The van der Waals surface area contributed by atoms with Crippen LogP contribution in [0.4, 0.5) is 0 Å². The Morgan fingerprint density at radius 1 is 1.36 bits per heavy atom. The van der Waals surface area contributed by atoms with Gasteiger partial charge in [-0.3, -0.25) is 0 Å². The Bertz CT molecular complexity index is 414. The first kappa shape index (κ1) is 7.85. The molecule has 1 spiro atoms. The van der Waals surface area contributed by atoms with Gasteiger partial charge in [0.1, 0.15) is 12.4 Å². The average molecular weight is 189 g/mol. The van der Waals surface area contributed by atoms with Crippen LogP contribution in [-0.4, -0.2) is 12.3 Å². The van der Waals surface area contributed by atoms with E-state index in [2.05, 4.69) is 11.2 Å². The molecule has 0 bridgehead atoms. The van der Waals surface area contributed by atoms with Crippen LogP contribution in [-0.2, 0) is 10.4 Å². The summed E-state index contributed by atoms with van der Waals surface area (Å²) in [6.45, 7) is 2.56. The molecule has 0 saturated heterocycles. The summed E-state index contributed by atoms with van der Waals surface area (Å²) in [5.74, 6) is 0.928. The number of fused-ring (bicyclic) bond motifs is 2. The van der Waals surface area contributed by atoms with Crippen molar-refractivity contribution < 1.29 is 9.57 Å². The second-order valence-electron chi connectivity index (χ2n) is 3.87. The summed E-state index contributed by atoms with van der Waals surface area (Å²) in [6.07, 6.45) is 0.837. The first-order chi connectivity index (χ1) is 6.80. The molecule has 3 nitrogen and oxygen atoms in total. The maximum absolute atomic E-state index is 5.59. The van der Waals surface area contributed by atoms with Crippen LogP contribution in [0.25, 0.3) is 0 Å². The molecule has 1 unspecified atom stereocenters. The molecule has 2 aliphatic heterocycles. The van der Waals surface area contributed by atoms with Crippen LogP contribution in [0.15, 0.2) is 29.4 Å². The highest BCUT2D eigenvalue weighted by atomic mass is 16.7. The van der Waals surface area contributed by atoms with Crippen LogP contribution in [0.2, 0.25) is 0 Å². The number of para-hydroxylation sites is 1. The third kappa shape index (κ3) is 0.895. The van der Waals surface area contributed by atoms with E-state index < -0.39 is 0 Å². The van der Waals surface area contributed by atoms with Crippen molar-refractivity contribution in [1.82, 2.24) is 0 Å². The van der Waals surface area contributed by atoms with E-state index in [1.165, 1.54) is 0 Å². The highest BCUT2D eigenvalue weighted by Crippen LogP contribution is 2.44. The molecule has 1 atom stereocenters. The largest absolute Gasteiger partial charge is 0.488 e. The number of hydrogen-bond donors (Lipinski definition) is 0. The Morgan fingerprint density at radius 3 is 3.00 bits per heavy atom. The second kappa shape index (κ2) is 2.50. The van der Waals surface area contributed by atoms with E-state index in [-0.39, 0.29) is 5.60 Å². The Hall–Kier alpha value is -1.51. The molecule has 0 N–H and O–H groups in total. The molecule has 0 aromatic heterocycles. The molecular weight excluding hydrogens is 178 g/mol. The van der Waals surface area contributed by atoms with Gasteiger partial charge in [-0.25, -0.2) is 0 Å². The van der Waals surface area contributed by atoms with E-state index in [0.29, 0.717) is 6.61 Å². The Kier molecular flexibility index (Phi) is 1.40. The molecule has 3 rings (SSSR count). The first-order valence-corrected chi connectivity index (χ1v) is 4.74. The highest BCUT2D eigenvalue weighted by Gasteiger charge is 2.46. The fourth-order valence-electron chi connectivity index (χ4n) is 2.11. The molecule has 72 valence electrons. The molecule has 0 amide bonds. The SMILES string of the molecule is CC1=NOC2(COc3ccccc32)C1. The zero-order chi connectivity index (χ0) is 9.60. The van der Waals surface area contributed by atoms with Crippen LogP contribution in [0.1, 0.15) is 18.9 Å². The van der Waals surface area contributed by atoms with Crippen molar-refractivity contribution in [3.63, 3.8) is 0 Å². The predicted octanol–water partition coefficient (Wildman–Crippen LogP) is 2.07. The molecule has 1 aromatic rings. The second-order valence-corrected chi connectivity index (χ2v) is 3.87. The van der Waals surface area contributed by atoms with Crippen LogP contribution in [0.5, 0.6) is 5.75 Å². The molecular formula is C11H11NO2. The summed E-state index contributed by atoms with van der Waals surface area (Å²) < 4.78 is 5.59. The van der Waals surface area contributed by atoms with Crippen LogP contribution in [0.3, 0.4) is 0 Å². The van der Waals surface area contributed by atoms with Crippen LogP contribution >= 0.6 is 0 Å². The number of rotatable bonds is 0. The van der Waals surface area contributed by atoms with Gasteiger partial charge in [-0.05, 0) is 13.0 Å². The average Bonchev–Trinajstić information content (AvgIpc) is 2.75. The van der Waals surface area contributed by atoms with Gasteiger partial charge in [-0.15, -0.1) is 0 Å². The van der Waals surface area contributed by atoms with Gasteiger partial charge in [0.25, 0.3) is 0 Å². The van der Waals surface area contributed by atoms with Crippen molar-refractivity contribution in [1.29, 1.82) is 0 Å². The number of oxime groups is 1. The van der Waals surface area contributed by atoms with Gasteiger partial charge in [-0.2, -0.15) is 0 Å². The van der Waals surface area contributed by atoms with Crippen molar-refractivity contribution in [2.45, 2.75) is 18.9 Å². The number of ether oxygens (including phenoxy) is 1. The fourth-order valence-corrected chi connectivity index (χ4v) is 2.11. The minimum atomic E-state index is -0.333. The molecule has 14 heavy (non-hydrogen) atoms. The van der Waals surface area contributed by atoms with Gasteiger partial charge in [0, 0.05) is 12.0 Å². The fraction of sp³-hybridized carbons (Fsp3) is 0.364. The Labute approximate surface area is 82.3 Å². The monoisotopic (exact) mass is 189 g/mol. The third-order valence-corrected chi connectivity index (χ3v) is 2.76. The predicted molar refractivity (Wildman–Crippen MR) is 52.4 cm³/mol. The summed E-state index contributed by atoms with van der Waals surface area (Å²) in [7, 11) is 0. The van der Waals surface area contributed by atoms with Gasteiger partial charge in [0.05, 0.1) is 5.71 Å². The summed E-state index contributed by atoms with van der Waals surface area (Å²) in [6, 6.07) is 8.00. The molecule has 2 heterocycles. The molecule has 0 saturated carbocycles. The van der Waals surface area contributed by atoms with Crippen molar-refractivity contribution >= 4 is 5.71 Å². The van der Waals surface area contributed by atoms with E-state index in [1.54, 1.807) is 0 Å². The van der Waals surface area contributed by atoms with Gasteiger partial charge in [-0.1, -0.05) is 23.4 Å². The van der Waals surface area contributed by atoms with E-state index in [9.17, 15) is 0 Å². The van der Waals surface area contributed by atoms with E-state index in [4.69, 9.17) is 9.57 Å². The topological polar surface area (TPSA) is 30.8 Å². The minimum Gasteiger partial charge on any atom is -0.488 e. The number of nitrogens with zero attached hydrogens (tertiary/aromatic N) is 1. The van der Waals surface area contributed by atoms with Crippen molar-refractivity contribution in [2.75, 3.05) is 6.61 Å². The van der Waals surface area contributed by atoms with Crippen LogP contribution in [0, 0.1) is 0 Å². The first-order valence-electron chi connectivity index (χ1n) is 4.74. The quantitative estimate of drug-likeness (QED) is 0.625. The van der Waals surface area contributed by atoms with Gasteiger partial charge in [0.2, 0.25) is 5.60 Å². The minimum absolute atomic E-state index is 0.333. The van der Waals surface area contributed by atoms with E-state index in [0.717, 1.165) is 23.4 Å². The van der Waals surface area contributed by atoms with Gasteiger partial charge < -0.3 is 9.57 Å². The van der Waals surface area contributed by atoms with E-state index >= 15 is 0 Å². The molecule has 1 aromatic carbocycles. The lowest BCUT2D eigenvalue weighted by Gasteiger charge is -2.18. The van der Waals surface area contributed by atoms with Gasteiger partial charge in [0.15, 0.2) is 0 Å². The lowest BCUT2D eigenvalue weighted by Crippen LogP contribution is -2.27. The molecule has 0 fully saturated rings. The highest BCUT2D eigenvalue weighted by molar-refractivity contribution is 5.84. The summed E-state index contributed by atoms with van der Waals surface area (Å²) in [5, 5.41) is 4.01. The maximum Gasteiger partial charge on any atom is 0.205 e. The summed E-state index contributed by atoms with van der Waals surface area (Å²) >= 11 is 0. The lowest BCUT2D eigenvalue weighted by molar-refractivity contribution is -0.0353. The standard InChI is InChI=1S/C11H11NO2/c1-8-6-11(14-12-8)7-13-10-5-3-2-4-9(10)11/h2-5H,6-7H2,1H3. The lowest BCUT2D eigenvalue weighted by atomic mass is 9.91. The molecule has 2 aliphatic rings. The summed E-state index contributed by atoms with van der Waals surface area (Å²) in [5.41, 5.74) is 1.83. The van der Waals surface area contributed by atoms with Crippen LogP contribution < -0.4 is 4.74 Å². The zero-order valence-electron chi connectivity index (χ0n) is 7.99. The van der Waals surface area contributed by atoms with Crippen molar-refractivity contribution in [3.8, 4) is 5.75 Å². The maximum atomic E-state index is 5.59. The molecule has 0 aliphatic carbocycles. The number of benzene rings is 1. The summed E-state index contributed by atoms with van der Waals surface area (Å²) in [4.78, 5) is 5.50.